The topological polar surface area (TPSA) is 93.9 Å². The molecule has 1 fully saturated rings. The van der Waals surface area contributed by atoms with Crippen molar-refractivity contribution < 1.29 is 14.3 Å². The van der Waals surface area contributed by atoms with Crippen molar-refractivity contribution in [3.63, 3.8) is 0 Å². The number of allylic oxidation sites excluding steroid dienone is 1. The summed E-state index contributed by atoms with van der Waals surface area (Å²) in [5.74, 6) is 1.66. The van der Waals surface area contributed by atoms with Gasteiger partial charge in [0.15, 0.2) is 11.4 Å². The maximum atomic E-state index is 12.5. The SMILES string of the molecule is C=CC(=O)Cc1cc(C2CCN(C)CC2)ccc1Nc1ncc2cc(-c3c(Cl)c(OC)cc(OC)c3Cl)c3nccn3c2n1. The second-order valence-electron chi connectivity index (χ2n) is 10.9. The molecule has 0 spiro atoms. The Morgan fingerprint density at radius 2 is 1.80 bits per heavy atom. The van der Waals surface area contributed by atoms with E-state index in [4.69, 9.17) is 37.7 Å². The summed E-state index contributed by atoms with van der Waals surface area (Å²) in [6.07, 6.45) is 9.02. The van der Waals surface area contributed by atoms with Crippen LogP contribution in [0.2, 0.25) is 10.0 Å². The summed E-state index contributed by atoms with van der Waals surface area (Å²) < 4.78 is 12.8. The highest BCUT2D eigenvalue weighted by atomic mass is 35.5. The minimum Gasteiger partial charge on any atom is -0.495 e. The van der Waals surface area contributed by atoms with Gasteiger partial charge in [-0.3, -0.25) is 9.20 Å². The predicted octanol–water partition coefficient (Wildman–Crippen LogP) is 7.12. The number of nitrogens with one attached hydrogen (secondary N) is 1. The summed E-state index contributed by atoms with van der Waals surface area (Å²) in [5.41, 5.74) is 5.34. The van der Waals surface area contributed by atoms with Crippen LogP contribution in [0.5, 0.6) is 11.5 Å². The number of carbonyl (C=O) groups is 1. The molecule has 11 heteroatoms. The zero-order valence-electron chi connectivity index (χ0n) is 24.7. The molecule has 0 atom stereocenters. The van der Waals surface area contributed by atoms with E-state index in [9.17, 15) is 4.79 Å². The number of ether oxygens (including phenoxy) is 2. The monoisotopic (exact) mass is 630 g/mol. The van der Waals surface area contributed by atoms with E-state index in [1.54, 1.807) is 18.5 Å². The first-order valence-electron chi connectivity index (χ1n) is 14.3. The number of nitrogens with zero attached hydrogens (tertiary/aromatic N) is 5. The van der Waals surface area contributed by atoms with E-state index in [-0.39, 0.29) is 12.2 Å². The van der Waals surface area contributed by atoms with E-state index in [0.29, 0.717) is 55.8 Å². The van der Waals surface area contributed by atoms with Crippen molar-refractivity contribution in [1.82, 2.24) is 24.3 Å². The molecule has 0 saturated carbocycles. The number of carbonyl (C=O) groups excluding carboxylic acids is 1. The third kappa shape index (κ3) is 5.58. The predicted molar refractivity (Wildman–Crippen MR) is 175 cm³/mol. The summed E-state index contributed by atoms with van der Waals surface area (Å²) in [6.45, 7) is 5.79. The molecule has 1 aliphatic heterocycles. The van der Waals surface area contributed by atoms with Gasteiger partial charge in [-0.1, -0.05) is 41.9 Å². The zero-order valence-corrected chi connectivity index (χ0v) is 26.2. The number of hydrogen-bond donors (Lipinski definition) is 1. The Bertz CT molecular complexity index is 1870. The highest BCUT2D eigenvalue weighted by molar-refractivity contribution is 6.41. The number of fused-ring (bicyclic) bond motifs is 3. The van der Waals surface area contributed by atoms with Crippen molar-refractivity contribution in [2.45, 2.75) is 25.2 Å². The van der Waals surface area contributed by atoms with E-state index < -0.39 is 0 Å². The maximum Gasteiger partial charge on any atom is 0.229 e. The van der Waals surface area contributed by atoms with E-state index in [2.05, 4.69) is 45.9 Å². The third-order valence-corrected chi connectivity index (χ3v) is 8.96. The number of halogens is 2. The van der Waals surface area contributed by atoms with Gasteiger partial charge in [-0.25, -0.2) is 9.97 Å². The number of anilines is 2. The Balaban J connectivity index is 1.41. The van der Waals surface area contributed by atoms with Gasteiger partial charge < -0.3 is 19.7 Å². The van der Waals surface area contributed by atoms with Crippen LogP contribution in [0.25, 0.3) is 27.8 Å². The van der Waals surface area contributed by atoms with Crippen molar-refractivity contribution in [1.29, 1.82) is 0 Å². The van der Waals surface area contributed by atoms with Gasteiger partial charge in [-0.2, -0.15) is 4.98 Å². The summed E-state index contributed by atoms with van der Waals surface area (Å²) >= 11 is 13.5. The van der Waals surface area contributed by atoms with Crippen molar-refractivity contribution >= 4 is 57.3 Å². The Labute approximate surface area is 265 Å². The van der Waals surface area contributed by atoms with E-state index in [1.807, 2.05) is 22.7 Å². The van der Waals surface area contributed by atoms with Gasteiger partial charge in [-0.15, -0.1) is 0 Å². The first kappa shape index (κ1) is 29.9. The largest absolute Gasteiger partial charge is 0.495 e. The number of benzene rings is 2. The minimum atomic E-state index is -0.0489. The lowest BCUT2D eigenvalue weighted by Gasteiger charge is -2.29. The van der Waals surface area contributed by atoms with Crippen LogP contribution in [-0.2, 0) is 11.2 Å². The number of aromatic nitrogens is 4. The second-order valence-corrected chi connectivity index (χ2v) is 11.7. The molecular formula is C33H32Cl2N6O3. The number of piperidine rings is 1. The quantitative estimate of drug-likeness (QED) is 0.172. The maximum absolute atomic E-state index is 12.5. The Hall–Kier alpha value is -4.18. The Morgan fingerprint density at radius 1 is 1.07 bits per heavy atom. The number of ketones is 1. The van der Waals surface area contributed by atoms with Crippen LogP contribution in [0.1, 0.15) is 29.9 Å². The highest BCUT2D eigenvalue weighted by Crippen LogP contribution is 2.47. The first-order valence-corrected chi connectivity index (χ1v) is 15.0. The molecule has 5 aromatic rings. The zero-order chi connectivity index (χ0) is 31.0. The molecule has 0 amide bonds. The lowest BCUT2D eigenvalue weighted by Crippen LogP contribution is -2.29. The molecule has 9 nitrogen and oxygen atoms in total. The lowest BCUT2D eigenvalue weighted by molar-refractivity contribution is -0.114. The molecule has 4 heterocycles. The molecule has 0 unspecified atom stereocenters. The van der Waals surface area contributed by atoms with Crippen molar-refractivity contribution in [2.24, 2.45) is 0 Å². The van der Waals surface area contributed by atoms with Crippen LogP contribution in [0, 0.1) is 0 Å². The molecule has 1 aliphatic rings. The molecule has 0 bridgehead atoms. The van der Waals surface area contributed by atoms with Crippen molar-refractivity contribution in [2.75, 3.05) is 39.7 Å². The highest BCUT2D eigenvalue weighted by Gasteiger charge is 2.23. The lowest BCUT2D eigenvalue weighted by atomic mass is 9.88. The standard InChI is InChI=1S/C33H32Cl2N6O3/c1-5-23(42)15-21-14-20(19-8-11-40(2)12-9-19)6-7-25(21)38-33-37-18-22-16-24(32-36-10-13-41(32)31(22)39-33)28-29(34)26(43-3)17-27(44-4)30(28)35/h5-7,10,13-14,16-19H,1,8-9,11-12,15H2,2-4H3,(H,37,38,39). The fourth-order valence-corrected chi connectivity index (χ4v) is 6.50. The summed E-state index contributed by atoms with van der Waals surface area (Å²) in [5, 5.41) is 4.78. The van der Waals surface area contributed by atoms with Crippen LogP contribution in [0.4, 0.5) is 11.6 Å². The summed E-state index contributed by atoms with van der Waals surface area (Å²) in [4.78, 5) is 28.9. The number of rotatable bonds is 9. The molecule has 226 valence electrons. The van der Waals surface area contributed by atoms with Crippen LogP contribution in [0.15, 0.2) is 61.6 Å². The van der Waals surface area contributed by atoms with Gasteiger partial charge in [0.2, 0.25) is 5.95 Å². The van der Waals surface area contributed by atoms with Crippen molar-refractivity contribution in [3.8, 4) is 22.6 Å². The van der Waals surface area contributed by atoms with Gasteiger partial charge in [-0.05, 0) is 68.2 Å². The summed E-state index contributed by atoms with van der Waals surface area (Å²) in [6, 6.07) is 9.84. The Morgan fingerprint density at radius 3 is 2.48 bits per heavy atom. The van der Waals surface area contributed by atoms with E-state index >= 15 is 0 Å². The average Bonchev–Trinajstić information content (AvgIpc) is 3.53. The molecule has 0 radical (unpaired) electrons. The normalized spacial score (nSPS) is 14.2. The Kier molecular flexibility index (Phi) is 8.44. The number of imidazole rings is 1. The molecule has 6 rings (SSSR count). The molecule has 0 aliphatic carbocycles. The van der Waals surface area contributed by atoms with Gasteiger partial charge >= 0.3 is 0 Å². The molecule has 2 aromatic carbocycles. The molecule has 1 saturated heterocycles. The third-order valence-electron chi connectivity index (χ3n) is 8.21. The number of likely N-dealkylation sites (tertiary alicyclic amines) is 1. The van der Waals surface area contributed by atoms with E-state index in [1.165, 1.54) is 25.9 Å². The number of hydrogen-bond acceptors (Lipinski definition) is 8. The number of methoxy groups -OCH3 is 2. The number of pyridine rings is 1. The molecule has 3 aromatic heterocycles. The van der Waals surface area contributed by atoms with Gasteiger partial charge in [0, 0.05) is 53.3 Å². The van der Waals surface area contributed by atoms with Crippen LogP contribution in [-0.4, -0.2) is 64.4 Å². The van der Waals surface area contributed by atoms with Gasteiger partial charge in [0.25, 0.3) is 0 Å². The van der Waals surface area contributed by atoms with E-state index in [0.717, 1.165) is 42.6 Å². The average molecular weight is 632 g/mol. The van der Waals surface area contributed by atoms with Gasteiger partial charge in [0.05, 0.1) is 24.3 Å². The van der Waals surface area contributed by atoms with Gasteiger partial charge in [0.1, 0.15) is 17.1 Å². The minimum absolute atomic E-state index is 0.0489. The summed E-state index contributed by atoms with van der Waals surface area (Å²) in [7, 11) is 5.22. The smallest absolute Gasteiger partial charge is 0.229 e. The van der Waals surface area contributed by atoms with Crippen LogP contribution >= 0.6 is 23.2 Å². The van der Waals surface area contributed by atoms with Crippen molar-refractivity contribution in [3.05, 3.63) is 82.7 Å². The molecule has 1 N–H and O–H groups in total. The molecular weight excluding hydrogens is 599 g/mol. The van der Waals surface area contributed by atoms with Crippen LogP contribution in [0.3, 0.4) is 0 Å². The fourth-order valence-electron chi connectivity index (χ4n) is 5.79. The fraction of sp³-hybridized carbons (Fsp3) is 0.273. The van der Waals surface area contributed by atoms with Crippen LogP contribution < -0.4 is 14.8 Å². The molecule has 44 heavy (non-hydrogen) atoms. The second kappa shape index (κ2) is 12.4. The first-order chi connectivity index (χ1) is 21.3.